The van der Waals surface area contributed by atoms with Gasteiger partial charge in [-0.25, -0.2) is 0 Å². The summed E-state index contributed by atoms with van der Waals surface area (Å²) in [4.78, 5) is 0. The van der Waals surface area contributed by atoms with Crippen molar-refractivity contribution < 1.29 is 0 Å². The molecule has 9 heavy (non-hydrogen) atoms. The first kappa shape index (κ1) is 7.20. The largest absolute Gasteiger partial charge is 0.115 e. The topological polar surface area (TPSA) is 0 Å². The van der Waals surface area contributed by atoms with Crippen molar-refractivity contribution in [3.63, 3.8) is 0 Å². The van der Waals surface area contributed by atoms with Gasteiger partial charge in [0.2, 0.25) is 0 Å². The van der Waals surface area contributed by atoms with E-state index < -0.39 is 7.15 Å². The lowest BCUT2D eigenvalue weighted by molar-refractivity contribution is 1.22. The molecule has 0 N–H and O–H groups in total. The molecule has 0 amide bonds. The summed E-state index contributed by atoms with van der Waals surface area (Å²) in [6.07, 6.45) is 6.09. The molecule has 0 saturated carbocycles. The molecule has 0 aromatic heterocycles. The van der Waals surface area contributed by atoms with Crippen molar-refractivity contribution in [2.24, 2.45) is 0 Å². The minimum absolute atomic E-state index is 0.928. The predicted molar refractivity (Wildman–Crippen MR) is 48.5 cm³/mol. The summed E-state index contributed by atoms with van der Waals surface area (Å²) in [5.74, 6) is 3.50. The highest BCUT2D eigenvalue weighted by Gasteiger charge is 2.09. The molecular formula is C6H6S3. The van der Waals surface area contributed by atoms with Crippen molar-refractivity contribution in [2.45, 2.75) is 6.42 Å². The van der Waals surface area contributed by atoms with E-state index in [1.165, 1.54) is 0 Å². The zero-order chi connectivity index (χ0) is 6.91. The van der Waals surface area contributed by atoms with E-state index in [-0.39, 0.29) is 0 Å². The number of hydrogen-bond acceptors (Lipinski definition) is 2. The fourth-order valence-corrected chi connectivity index (χ4v) is 3.13. The second kappa shape index (κ2) is 2.37. The summed E-state index contributed by atoms with van der Waals surface area (Å²) < 4.78 is 0. The number of rotatable bonds is 0. The van der Waals surface area contributed by atoms with Crippen molar-refractivity contribution in [2.75, 3.05) is 5.75 Å². The Bertz CT molecular complexity index is 274. The lowest BCUT2D eigenvalue weighted by atomic mass is 10.3. The Morgan fingerprint density at radius 3 is 2.56 bits per heavy atom. The Hall–Kier alpha value is 0.0900. The van der Waals surface area contributed by atoms with Gasteiger partial charge in [-0.1, -0.05) is 13.1 Å². The van der Waals surface area contributed by atoms with Crippen LogP contribution in [0.25, 0.3) is 0 Å². The van der Waals surface area contributed by atoms with Gasteiger partial charge in [0.05, 0.1) is 0 Å². The monoisotopic (exact) mass is 174 g/mol. The normalized spacial score (nSPS) is 22.8. The molecule has 3 heteroatoms. The van der Waals surface area contributed by atoms with Crippen LogP contribution >= 0.6 is 0 Å². The maximum absolute atomic E-state index is 5.16. The summed E-state index contributed by atoms with van der Waals surface area (Å²) in [6, 6.07) is 0. The fraction of sp³-hybridized carbons (Fsp3) is 0.333. The molecule has 0 spiro atoms. The van der Waals surface area contributed by atoms with Crippen LogP contribution in [0.3, 0.4) is 0 Å². The van der Waals surface area contributed by atoms with Gasteiger partial charge in [-0.2, -0.15) is 0 Å². The first-order valence-electron chi connectivity index (χ1n) is 2.54. The highest BCUT2D eigenvalue weighted by Crippen LogP contribution is 2.15. The third kappa shape index (κ3) is 1.75. The summed E-state index contributed by atoms with van der Waals surface area (Å²) in [5.41, 5.74) is 1.01. The highest BCUT2D eigenvalue weighted by molar-refractivity contribution is 8.57. The Morgan fingerprint density at radius 2 is 2.33 bits per heavy atom. The van der Waals surface area contributed by atoms with Gasteiger partial charge in [0.15, 0.2) is 0 Å². The van der Waals surface area contributed by atoms with Gasteiger partial charge < -0.3 is 0 Å². The Kier molecular flexibility index (Phi) is 1.90. The number of hydrogen-bond donors (Lipinski definition) is 0. The van der Waals surface area contributed by atoms with Crippen molar-refractivity contribution in [3.8, 4) is 12.3 Å². The molecule has 0 radical (unpaired) electrons. The molecule has 0 aromatic carbocycles. The van der Waals surface area contributed by atoms with Crippen LogP contribution in [0.1, 0.15) is 6.42 Å². The van der Waals surface area contributed by atoms with Gasteiger partial charge in [-0.15, -0.1) is 6.42 Å². The van der Waals surface area contributed by atoms with Gasteiger partial charge in [-0.3, -0.25) is 0 Å². The summed E-state index contributed by atoms with van der Waals surface area (Å²) in [5, 5.41) is 1.91. The summed E-state index contributed by atoms with van der Waals surface area (Å²) >= 11 is 10.2. The standard InChI is InChI=1S/C6H6S3/c1-2-6-3-4-9(7,8)5-6/h1,5H,3-4H2. The third-order valence-corrected chi connectivity index (χ3v) is 4.16. The van der Waals surface area contributed by atoms with Gasteiger partial charge in [0.25, 0.3) is 0 Å². The van der Waals surface area contributed by atoms with E-state index in [1.807, 2.05) is 5.41 Å². The van der Waals surface area contributed by atoms with Gasteiger partial charge in [0.1, 0.15) is 0 Å². The molecule has 0 fully saturated rings. The van der Waals surface area contributed by atoms with Gasteiger partial charge >= 0.3 is 0 Å². The molecule has 0 saturated heterocycles. The van der Waals surface area contributed by atoms with Crippen LogP contribution in [0.15, 0.2) is 11.0 Å². The Morgan fingerprint density at radius 1 is 1.67 bits per heavy atom. The van der Waals surface area contributed by atoms with Crippen LogP contribution in [0.2, 0.25) is 0 Å². The lowest BCUT2D eigenvalue weighted by Gasteiger charge is -1.88. The number of terminal acetylenes is 1. The zero-order valence-corrected chi connectivity index (χ0v) is 7.24. The SMILES string of the molecule is C#CC1=CS(=S)(=S)CC1. The van der Waals surface area contributed by atoms with E-state index in [2.05, 4.69) is 5.92 Å². The minimum Gasteiger partial charge on any atom is -0.115 e. The van der Waals surface area contributed by atoms with Crippen LogP contribution < -0.4 is 0 Å². The molecule has 1 heterocycles. The minimum atomic E-state index is -1.25. The molecule has 0 unspecified atom stereocenters. The van der Waals surface area contributed by atoms with Crippen LogP contribution in [-0.4, -0.2) is 5.75 Å². The third-order valence-electron chi connectivity index (χ3n) is 1.16. The molecule has 1 rings (SSSR count). The molecule has 0 atom stereocenters. The van der Waals surface area contributed by atoms with Crippen molar-refractivity contribution in [1.29, 1.82) is 0 Å². The maximum atomic E-state index is 5.16. The van der Waals surface area contributed by atoms with E-state index >= 15 is 0 Å². The van der Waals surface area contributed by atoms with E-state index in [9.17, 15) is 0 Å². The van der Waals surface area contributed by atoms with Crippen LogP contribution in [0.4, 0.5) is 0 Å². The average molecular weight is 174 g/mol. The molecule has 0 aliphatic carbocycles. The van der Waals surface area contributed by atoms with Crippen molar-refractivity contribution in [1.82, 2.24) is 0 Å². The smallest absolute Gasteiger partial charge is 0.0105 e. The summed E-state index contributed by atoms with van der Waals surface area (Å²) in [6.45, 7) is 0. The highest BCUT2D eigenvalue weighted by atomic mass is 33.1. The van der Waals surface area contributed by atoms with E-state index in [1.54, 1.807) is 0 Å². The zero-order valence-electron chi connectivity index (χ0n) is 4.79. The van der Waals surface area contributed by atoms with Crippen molar-refractivity contribution in [3.05, 3.63) is 11.0 Å². The fourth-order valence-electron chi connectivity index (χ4n) is 0.693. The molecule has 1 aliphatic rings. The van der Waals surface area contributed by atoms with Crippen LogP contribution in [0, 0.1) is 12.3 Å². The maximum Gasteiger partial charge on any atom is 0.0105 e. The van der Waals surface area contributed by atoms with E-state index in [0.717, 1.165) is 17.7 Å². The second-order valence-corrected chi connectivity index (χ2v) is 8.08. The quantitative estimate of drug-likeness (QED) is 0.502. The first-order chi connectivity index (χ1) is 4.14. The number of allylic oxidation sites excluding steroid dienone is 1. The molecule has 48 valence electrons. The molecule has 0 nitrogen and oxygen atoms in total. The average Bonchev–Trinajstić information content (AvgIpc) is 2.10. The predicted octanol–water partition coefficient (Wildman–Crippen LogP) is 0.985. The van der Waals surface area contributed by atoms with Crippen LogP contribution in [0.5, 0.6) is 0 Å². The van der Waals surface area contributed by atoms with Crippen LogP contribution in [-0.2, 0) is 29.5 Å². The van der Waals surface area contributed by atoms with E-state index in [4.69, 9.17) is 28.8 Å². The summed E-state index contributed by atoms with van der Waals surface area (Å²) in [7, 11) is -1.25. The van der Waals surface area contributed by atoms with Gasteiger partial charge in [0, 0.05) is 11.3 Å². The first-order valence-corrected chi connectivity index (χ1v) is 6.25. The van der Waals surface area contributed by atoms with Crippen molar-refractivity contribution >= 4 is 29.5 Å². The van der Waals surface area contributed by atoms with Gasteiger partial charge in [-0.05, 0) is 34.2 Å². The molecular weight excluding hydrogens is 168 g/mol. The molecule has 1 aliphatic heterocycles. The van der Waals surface area contributed by atoms with E-state index in [0.29, 0.717) is 0 Å². The second-order valence-electron chi connectivity index (χ2n) is 1.90. The Balaban J connectivity index is 3.02. The molecule has 0 aromatic rings. The lowest BCUT2D eigenvalue weighted by Crippen LogP contribution is -1.88. The Labute approximate surface area is 65.1 Å². The molecule has 0 bridgehead atoms.